The Kier molecular flexibility index (Phi) is 7.00. The first-order valence-corrected chi connectivity index (χ1v) is 12.5. The summed E-state index contributed by atoms with van der Waals surface area (Å²) in [5.41, 5.74) is 2.24. The van der Waals surface area contributed by atoms with E-state index >= 15 is 0 Å². The van der Waals surface area contributed by atoms with Gasteiger partial charge < -0.3 is 14.5 Å². The van der Waals surface area contributed by atoms with E-state index in [1.54, 1.807) is 17.2 Å². The molecule has 2 aliphatic rings. The van der Waals surface area contributed by atoms with Gasteiger partial charge in [-0.3, -0.25) is 9.88 Å². The molecule has 0 aliphatic carbocycles. The highest BCUT2D eigenvalue weighted by atomic mass is 19.1. The van der Waals surface area contributed by atoms with E-state index < -0.39 is 0 Å². The maximum Gasteiger partial charge on any atom is 0.410 e. The summed E-state index contributed by atoms with van der Waals surface area (Å²) in [5.74, 6) is 0.155. The molecule has 0 radical (unpaired) electrons. The summed E-state index contributed by atoms with van der Waals surface area (Å²) < 4.78 is 32.5. The Morgan fingerprint density at radius 1 is 0.972 bits per heavy atom. The Labute approximate surface area is 209 Å². The number of amides is 1. The van der Waals surface area contributed by atoms with E-state index in [-0.39, 0.29) is 35.9 Å². The van der Waals surface area contributed by atoms with Crippen molar-refractivity contribution in [3.63, 3.8) is 0 Å². The molecule has 2 aromatic carbocycles. The molecule has 9 heteroatoms. The van der Waals surface area contributed by atoms with Crippen LogP contribution in [-0.4, -0.2) is 70.2 Å². The van der Waals surface area contributed by atoms with Crippen LogP contribution in [0.15, 0.2) is 48.7 Å². The number of halogens is 2. The Bertz CT molecular complexity index is 1220. The van der Waals surface area contributed by atoms with Crippen LogP contribution in [-0.2, 0) is 11.3 Å². The van der Waals surface area contributed by atoms with Crippen LogP contribution in [0, 0.1) is 11.6 Å². The number of benzene rings is 2. The van der Waals surface area contributed by atoms with Gasteiger partial charge in [0.25, 0.3) is 0 Å². The highest BCUT2D eigenvalue weighted by Gasteiger charge is 2.35. The number of hydrogen-bond acceptors (Lipinski definition) is 6. The second-order valence-corrected chi connectivity index (χ2v) is 9.85. The van der Waals surface area contributed by atoms with Gasteiger partial charge in [0.2, 0.25) is 0 Å². The molecule has 190 valence electrons. The maximum atomic E-state index is 13.5. The summed E-state index contributed by atoms with van der Waals surface area (Å²) in [6.07, 6.45) is 2.85. The molecule has 3 heterocycles. The highest BCUT2D eigenvalue weighted by molar-refractivity contribution is 5.75. The topological polar surface area (TPSA) is 61.8 Å². The molecule has 7 nitrogen and oxygen atoms in total. The molecule has 2 atom stereocenters. The molecule has 2 aliphatic heterocycles. The van der Waals surface area contributed by atoms with Crippen LogP contribution < -0.4 is 4.90 Å². The number of ether oxygens (including phenoxy) is 1. The van der Waals surface area contributed by atoms with Crippen molar-refractivity contribution in [3.8, 4) is 0 Å². The van der Waals surface area contributed by atoms with Gasteiger partial charge in [-0.25, -0.2) is 18.6 Å². The van der Waals surface area contributed by atoms with E-state index in [1.165, 1.54) is 24.3 Å². The van der Waals surface area contributed by atoms with Crippen LogP contribution in [0.2, 0.25) is 0 Å². The Balaban J connectivity index is 1.14. The zero-order chi connectivity index (χ0) is 25.2. The van der Waals surface area contributed by atoms with E-state index in [0.717, 1.165) is 43.9 Å². The van der Waals surface area contributed by atoms with Gasteiger partial charge in [0.1, 0.15) is 23.6 Å². The molecule has 0 spiro atoms. The summed E-state index contributed by atoms with van der Waals surface area (Å²) in [6.45, 7) is 7.62. The number of piperazine rings is 1. The van der Waals surface area contributed by atoms with Crippen molar-refractivity contribution in [2.75, 3.05) is 31.1 Å². The number of carbonyl (C=O) groups excluding carboxylic acids is 1. The molecule has 1 amide bonds. The quantitative estimate of drug-likeness (QED) is 0.527. The van der Waals surface area contributed by atoms with Crippen molar-refractivity contribution in [2.24, 2.45) is 0 Å². The second kappa shape index (κ2) is 10.3. The molecule has 36 heavy (non-hydrogen) atoms. The number of piperidine rings is 1. The Morgan fingerprint density at radius 3 is 2.44 bits per heavy atom. The van der Waals surface area contributed by atoms with Crippen LogP contribution >= 0.6 is 0 Å². The molecule has 2 saturated heterocycles. The first-order valence-electron chi connectivity index (χ1n) is 12.5. The van der Waals surface area contributed by atoms with Crippen LogP contribution in [0.25, 0.3) is 11.0 Å². The van der Waals surface area contributed by atoms with Crippen LogP contribution in [0.4, 0.5) is 19.4 Å². The normalized spacial score (nSPS) is 21.7. The van der Waals surface area contributed by atoms with E-state index in [2.05, 4.69) is 26.7 Å². The highest BCUT2D eigenvalue weighted by Crippen LogP contribution is 2.25. The molecule has 0 unspecified atom stereocenters. The largest absolute Gasteiger partial charge is 0.446 e. The third-order valence-corrected chi connectivity index (χ3v) is 7.13. The van der Waals surface area contributed by atoms with E-state index in [1.807, 2.05) is 19.1 Å². The van der Waals surface area contributed by atoms with Gasteiger partial charge in [-0.15, -0.1) is 0 Å². The van der Waals surface area contributed by atoms with E-state index in [0.29, 0.717) is 24.1 Å². The number of rotatable bonds is 4. The average molecular weight is 496 g/mol. The Morgan fingerprint density at radius 2 is 1.69 bits per heavy atom. The van der Waals surface area contributed by atoms with Gasteiger partial charge in [-0.05, 0) is 56.5 Å². The summed E-state index contributed by atoms with van der Waals surface area (Å²) in [5, 5.41) is 0. The molecular formula is C27H31F2N5O2. The molecule has 1 aromatic heterocycles. The number of hydrogen-bond donors (Lipinski definition) is 0. The summed E-state index contributed by atoms with van der Waals surface area (Å²) in [4.78, 5) is 28.3. The van der Waals surface area contributed by atoms with Crippen molar-refractivity contribution < 1.29 is 18.3 Å². The van der Waals surface area contributed by atoms with Gasteiger partial charge in [0.05, 0.1) is 17.2 Å². The molecular weight excluding hydrogens is 464 g/mol. The zero-order valence-electron chi connectivity index (χ0n) is 20.6. The minimum absolute atomic E-state index is 0.0264. The Hall–Kier alpha value is -3.33. The fourth-order valence-electron chi connectivity index (χ4n) is 5.06. The minimum Gasteiger partial charge on any atom is -0.446 e. The lowest BCUT2D eigenvalue weighted by molar-refractivity contribution is 0.0166. The monoisotopic (exact) mass is 495 g/mol. The van der Waals surface area contributed by atoms with Gasteiger partial charge >= 0.3 is 6.09 Å². The van der Waals surface area contributed by atoms with Crippen molar-refractivity contribution in [2.45, 2.75) is 51.4 Å². The predicted molar refractivity (Wildman–Crippen MR) is 134 cm³/mol. The third-order valence-electron chi connectivity index (χ3n) is 7.13. The second-order valence-electron chi connectivity index (χ2n) is 9.85. The molecule has 3 aromatic rings. The minimum atomic E-state index is -0.336. The molecule has 5 rings (SSSR count). The number of aromatic nitrogens is 2. The molecule has 0 N–H and O–H groups in total. The maximum absolute atomic E-state index is 13.5. The lowest BCUT2D eigenvalue weighted by atomic mass is 10.1. The molecule has 0 bridgehead atoms. The van der Waals surface area contributed by atoms with Crippen LogP contribution in [0.5, 0.6) is 0 Å². The SMILES string of the molecule is C[C@@H]1CN(c2cnc3cc(F)ccc3n2)[C@@H](C)CN1C(=O)OC1CCN(Cc2ccc(F)cc2)CC1. The lowest BCUT2D eigenvalue weighted by Gasteiger charge is -2.44. The summed E-state index contributed by atoms with van der Waals surface area (Å²) in [6, 6.07) is 11.0. The van der Waals surface area contributed by atoms with Crippen molar-refractivity contribution in [1.29, 1.82) is 0 Å². The number of anilines is 1. The zero-order valence-corrected chi connectivity index (χ0v) is 20.6. The van der Waals surface area contributed by atoms with Gasteiger partial charge in [-0.1, -0.05) is 12.1 Å². The van der Waals surface area contributed by atoms with Gasteiger partial charge in [0, 0.05) is 50.9 Å². The standard InChI is InChI=1S/C27H31F2N5O2/c1-18-16-34(19(2)15-33(18)26-14-30-25-13-22(29)7-8-24(25)31-26)27(35)36-23-9-11-32(12-10-23)17-20-3-5-21(28)6-4-20/h3-8,13-14,18-19,23H,9-12,15-17H2,1-2H3/t18-,19+/m0/s1. The van der Waals surface area contributed by atoms with Crippen LogP contribution in [0.1, 0.15) is 32.3 Å². The smallest absolute Gasteiger partial charge is 0.410 e. The fraction of sp³-hybridized carbons (Fsp3) is 0.444. The third kappa shape index (κ3) is 5.41. The van der Waals surface area contributed by atoms with Gasteiger partial charge in [-0.2, -0.15) is 0 Å². The average Bonchev–Trinajstić information content (AvgIpc) is 2.87. The predicted octanol–water partition coefficient (Wildman–Crippen LogP) is 4.61. The number of likely N-dealkylation sites (tertiary alicyclic amines) is 1. The lowest BCUT2D eigenvalue weighted by Crippen LogP contribution is -2.59. The fourth-order valence-corrected chi connectivity index (χ4v) is 5.06. The number of fused-ring (bicyclic) bond motifs is 1. The van der Waals surface area contributed by atoms with Crippen molar-refractivity contribution in [3.05, 3.63) is 65.9 Å². The first-order chi connectivity index (χ1) is 17.4. The van der Waals surface area contributed by atoms with Gasteiger partial charge in [0.15, 0.2) is 0 Å². The number of nitrogens with zero attached hydrogens (tertiary/aromatic N) is 5. The van der Waals surface area contributed by atoms with Crippen LogP contribution in [0.3, 0.4) is 0 Å². The number of carbonyl (C=O) groups is 1. The van der Waals surface area contributed by atoms with E-state index in [9.17, 15) is 13.6 Å². The first kappa shape index (κ1) is 24.4. The molecule has 0 saturated carbocycles. The van der Waals surface area contributed by atoms with Crippen molar-refractivity contribution in [1.82, 2.24) is 19.8 Å². The van der Waals surface area contributed by atoms with E-state index in [4.69, 9.17) is 4.74 Å². The summed E-state index contributed by atoms with van der Waals surface area (Å²) in [7, 11) is 0. The molecule has 2 fully saturated rings. The van der Waals surface area contributed by atoms with Crippen molar-refractivity contribution >= 4 is 22.9 Å². The summed E-state index contributed by atoms with van der Waals surface area (Å²) >= 11 is 0.